The molecular formula is C23H19F3N2O4. The number of carboxylic acids is 1. The quantitative estimate of drug-likeness (QED) is 0.556. The normalized spacial score (nSPS) is 17.6. The number of hydrogen-bond acceptors (Lipinski definition) is 5. The molecule has 1 aromatic heterocycles. The van der Waals surface area contributed by atoms with E-state index in [-0.39, 0.29) is 18.3 Å². The van der Waals surface area contributed by atoms with E-state index in [9.17, 15) is 23.1 Å². The Bertz CT molecular complexity index is 1130. The van der Waals surface area contributed by atoms with Crippen LogP contribution in [-0.2, 0) is 17.6 Å². The topological polar surface area (TPSA) is 81.5 Å². The summed E-state index contributed by atoms with van der Waals surface area (Å²) in [6.07, 6.45) is -2.26. The number of hydrogen-bond donors (Lipinski definition) is 1. The van der Waals surface area contributed by atoms with Crippen molar-refractivity contribution < 1.29 is 32.5 Å². The highest BCUT2D eigenvalue weighted by Gasteiger charge is 2.45. The summed E-state index contributed by atoms with van der Waals surface area (Å²) in [5.74, 6) is -0.418. The number of nitrogens with zero attached hydrogens (tertiary/aromatic N) is 2. The van der Waals surface area contributed by atoms with Crippen molar-refractivity contribution in [2.45, 2.75) is 25.1 Å². The van der Waals surface area contributed by atoms with Gasteiger partial charge in [0, 0.05) is 11.5 Å². The first kappa shape index (κ1) is 21.6. The van der Waals surface area contributed by atoms with Gasteiger partial charge in [0.15, 0.2) is 0 Å². The predicted molar refractivity (Wildman–Crippen MR) is 108 cm³/mol. The average Bonchev–Trinajstić information content (AvgIpc) is 3.58. The molecule has 2 atom stereocenters. The van der Waals surface area contributed by atoms with Crippen molar-refractivity contribution >= 4 is 5.97 Å². The number of carboxylic acid groups (broad SMARTS) is 1. The summed E-state index contributed by atoms with van der Waals surface area (Å²) in [5.41, 5.74) is 2.15. The molecule has 0 spiro atoms. The molecule has 0 unspecified atom stereocenters. The van der Waals surface area contributed by atoms with E-state index < -0.39 is 23.6 Å². The van der Waals surface area contributed by atoms with Crippen molar-refractivity contribution in [1.82, 2.24) is 10.2 Å². The van der Waals surface area contributed by atoms with Crippen LogP contribution in [0.4, 0.5) is 13.2 Å². The van der Waals surface area contributed by atoms with Gasteiger partial charge in [0.05, 0.1) is 24.8 Å². The van der Waals surface area contributed by atoms with Crippen molar-refractivity contribution in [3.63, 3.8) is 0 Å². The van der Waals surface area contributed by atoms with E-state index in [2.05, 4.69) is 10.2 Å². The molecule has 32 heavy (non-hydrogen) atoms. The molecule has 0 radical (unpaired) electrons. The maximum Gasteiger partial charge on any atom is 0.416 e. The van der Waals surface area contributed by atoms with Crippen LogP contribution in [0.25, 0.3) is 11.1 Å². The summed E-state index contributed by atoms with van der Waals surface area (Å²) in [7, 11) is 1.54. The molecule has 6 nitrogen and oxygen atoms in total. The first-order chi connectivity index (χ1) is 15.3. The van der Waals surface area contributed by atoms with Gasteiger partial charge < -0.3 is 14.6 Å². The molecule has 1 heterocycles. The number of rotatable bonds is 7. The van der Waals surface area contributed by atoms with Crippen molar-refractivity contribution in [2.75, 3.05) is 7.11 Å². The van der Waals surface area contributed by atoms with Crippen LogP contribution in [0.5, 0.6) is 11.5 Å². The molecule has 1 N–H and O–H groups in total. The van der Waals surface area contributed by atoms with E-state index in [0.29, 0.717) is 17.9 Å². The van der Waals surface area contributed by atoms with E-state index in [0.717, 1.165) is 28.8 Å². The van der Waals surface area contributed by atoms with Crippen LogP contribution in [0, 0.1) is 5.92 Å². The van der Waals surface area contributed by atoms with Gasteiger partial charge in [-0.05, 0) is 60.0 Å². The summed E-state index contributed by atoms with van der Waals surface area (Å²) in [6, 6.07) is 11.7. The molecule has 166 valence electrons. The average molecular weight is 444 g/mol. The summed E-state index contributed by atoms with van der Waals surface area (Å²) in [5, 5.41) is 17.3. The Labute approximate surface area is 181 Å². The predicted octanol–water partition coefficient (Wildman–Crippen LogP) is 4.94. The van der Waals surface area contributed by atoms with Crippen LogP contribution in [0.3, 0.4) is 0 Å². The van der Waals surface area contributed by atoms with Crippen molar-refractivity contribution in [3.8, 4) is 22.6 Å². The van der Waals surface area contributed by atoms with Crippen LogP contribution < -0.4 is 9.47 Å². The summed E-state index contributed by atoms with van der Waals surface area (Å²) in [6.45, 7) is 0.0267. The molecule has 0 aliphatic heterocycles. The Hall–Kier alpha value is -3.62. The molecule has 0 saturated heterocycles. The van der Waals surface area contributed by atoms with Crippen molar-refractivity contribution in [2.24, 2.45) is 5.92 Å². The van der Waals surface area contributed by atoms with E-state index in [1.54, 1.807) is 25.4 Å². The summed E-state index contributed by atoms with van der Waals surface area (Å²) < 4.78 is 49.0. The minimum atomic E-state index is -4.40. The fourth-order valence-electron chi connectivity index (χ4n) is 3.55. The molecule has 2 aromatic carbocycles. The SMILES string of the molecule is COc1ccc(-c2cnnc(COc3ccc(C(F)(F)F)cc3)c2)cc1[C@@H]1C[C@H]1C(=O)O. The molecule has 1 aliphatic rings. The Kier molecular flexibility index (Phi) is 5.73. The van der Waals surface area contributed by atoms with Gasteiger partial charge >= 0.3 is 12.1 Å². The van der Waals surface area contributed by atoms with Crippen LogP contribution in [0.1, 0.15) is 29.2 Å². The van der Waals surface area contributed by atoms with E-state index in [1.165, 1.54) is 12.1 Å². The van der Waals surface area contributed by atoms with E-state index >= 15 is 0 Å². The number of ether oxygens (including phenoxy) is 2. The van der Waals surface area contributed by atoms with Gasteiger partial charge in [-0.1, -0.05) is 6.07 Å². The Morgan fingerprint density at radius 3 is 2.50 bits per heavy atom. The largest absolute Gasteiger partial charge is 0.496 e. The Morgan fingerprint density at radius 1 is 1.12 bits per heavy atom. The molecule has 9 heteroatoms. The number of halogens is 3. The van der Waals surface area contributed by atoms with Crippen LogP contribution in [0.15, 0.2) is 54.7 Å². The van der Waals surface area contributed by atoms with Crippen molar-refractivity contribution in [1.29, 1.82) is 0 Å². The molecule has 1 fully saturated rings. The minimum Gasteiger partial charge on any atom is -0.496 e. The maximum absolute atomic E-state index is 12.7. The second-order valence-corrected chi connectivity index (χ2v) is 7.49. The molecule has 0 bridgehead atoms. The fourth-order valence-corrected chi connectivity index (χ4v) is 3.55. The van der Waals surface area contributed by atoms with Gasteiger partial charge in [0.1, 0.15) is 23.8 Å². The number of aliphatic carboxylic acids is 1. The lowest BCUT2D eigenvalue weighted by molar-refractivity contribution is -0.139. The standard InChI is InChI=1S/C23H19F3N2O4/c1-31-21-7-2-13(9-19(21)18-10-20(18)22(29)30)14-8-16(28-27-11-14)12-32-17-5-3-15(4-6-17)23(24,25)26/h2-9,11,18,20H,10,12H2,1H3,(H,29,30)/t18-,20+/m0/s1. The summed E-state index contributed by atoms with van der Waals surface area (Å²) in [4.78, 5) is 11.3. The third-order valence-electron chi connectivity index (χ3n) is 5.34. The molecule has 1 aliphatic carbocycles. The zero-order valence-corrected chi connectivity index (χ0v) is 17.0. The minimum absolute atomic E-state index is 0.0267. The van der Waals surface area contributed by atoms with Gasteiger partial charge in [-0.15, -0.1) is 0 Å². The summed E-state index contributed by atoms with van der Waals surface area (Å²) >= 11 is 0. The number of alkyl halides is 3. The highest BCUT2D eigenvalue weighted by molar-refractivity contribution is 5.76. The highest BCUT2D eigenvalue weighted by Crippen LogP contribution is 2.51. The fraction of sp³-hybridized carbons (Fsp3) is 0.261. The van der Waals surface area contributed by atoms with Gasteiger partial charge in [-0.25, -0.2) is 0 Å². The van der Waals surface area contributed by atoms with Crippen molar-refractivity contribution in [3.05, 3.63) is 71.5 Å². The highest BCUT2D eigenvalue weighted by atomic mass is 19.4. The first-order valence-corrected chi connectivity index (χ1v) is 9.79. The number of carbonyl (C=O) groups is 1. The second-order valence-electron chi connectivity index (χ2n) is 7.49. The molecule has 4 rings (SSSR count). The van der Waals surface area contributed by atoms with Gasteiger partial charge in [0.2, 0.25) is 0 Å². The molecule has 0 amide bonds. The zero-order valence-electron chi connectivity index (χ0n) is 17.0. The van der Waals surface area contributed by atoms with Crippen LogP contribution >= 0.6 is 0 Å². The Morgan fingerprint density at radius 2 is 1.88 bits per heavy atom. The van der Waals surface area contributed by atoms with E-state index in [1.807, 2.05) is 12.1 Å². The lowest BCUT2D eigenvalue weighted by Crippen LogP contribution is -2.05. The lowest BCUT2D eigenvalue weighted by atomic mass is 10.00. The smallest absolute Gasteiger partial charge is 0.416 e. The van der Waals surface area contributed by atoms with Crippen LogP contribution in [0.2, 0.25) is 0 Å². The van der Waals surface area contributed by atoms with Crippen LogP contribution in [-0.4, -0.2) is 28.4 Å². The number of benzene rings is 2. The number of methoxy groups -OCH3 is 1. The van der Waals surface area contributed by atoms with Gasteiger partial charge in [-0.2, -0.15) is 23.4 Å². The van der Waals surface area contributed by atoms with Gasteiger partial charge in [-0.3, -0.25) is 4.79 Å². The lowest BCUT2D eigenvalue weighted by Gasteiger charge is -2.12. The monoisotopic (exact) mass is 444 g/mol. The first-order valence-electron chi connectivity index (χ1n) is 9.79. The van der Waals surface area contributed by atoms with E-state index in [4.69, 9.17) is 9.47 Å². The molecule has 3 aromatic rings. The maximum atomic E-state index is 12.7. The third kappa shape index (κ3) is 4.66. The van der Waals surface area contributed by atoms with Gasteiger partial charge in [0.25, 0.3) is 0 Å². The molecular weight excluding hydrogens is 425 g/mol. The Balaban J connectivity index is 1.50. The third-order valence-corrected chi connectivity index (χ3v) is 5.34. The number of aromatic nitrogens is 2. The second kappa shape index (κ2) is 8.49. The zero-order chi connectivity index (χ0) is 22.9. The molecule has 1 saturated carbocycles.